The van der Waals surface area contributed by atoms with E-state index in [-0.39, 0.29) is 11.3 Å². The Hall–Kier alpha value is -3.42. The molecule has 0 spiro atoms. The van der Waals surface area contributed by atoms with E-state index in [1.807, 2.05) is 0 Å². The number of pyridine rings is 1. The second kappa shape index (κ2) is 5.90. The smallest absolute Gasteiger partial charge is 0.354 e. The number of carboxylic acid groups (broad SMARTS) is 1. The van der Waals surface area contributed by atoms with Crippen LogP contribution in [0.3, 0.4) is 0 Å². The summed E-state index contributed by atoms with van der Waals surface area (Å²) in [6.07, 6.45) is 1.16. The number of carbonyl (C=O) groups excluding carboxylic acids is 2. The summed E-state index contributed by atoms with van der Waals surface area (Å²) in [6, 6.07) is 8.14. The summed E-state index contributed by atoms with van der Waals surface area (Å²) in [5, 5.41) is 12.6. The summed E-state index contributed by atoms with van der Waals surface area (Å²) >= 11 is 0. The summed E-state index contributed by atoms with van der Waals surface area (Å²) in [6.45, 7) is 2.91. The molecule has 128 valence electrons. The minimum atomic E-state index is -1.32. The second-order valence-electron chi connectivity index (χ2n) is 5.76. The van der Waals surface area contributed by atoms with Gasteiger partial charge in [0.15, 0.2) is 5.57 Å². The number of aromatic nitrogens is 1. The molecule has 3 rings (SSSR count). The number of anilines is 1. The number of para-hydroxylation sites is 1. The molecule has 0 amide bonds. The highest BCUT2D eigenvalue weighted by atomic mass is 16.7. The van der Waals surface area contributed by atoms with Crippen molar-refractivity contribution in [1.82, 2.24) is 4.98 Å². The quantitative estimate of drug-likeness (QED) is 0.495. The lowest BCUT2D eigenvalue weighted by Crippen LogP contribution is -2.42. The molecule has 8 nitrogen and oxygen atoms in total. The van der Waals surface area contributed by atoms with E-state index in [9.17, 15) is 14.4 Å². The van der Waals surface area contributed by atoms with Crippen molar-refractivity contribution in [3.63, 3.8) is 0 Å². The first-order valence-corrected chi connectivity index (χ1v) is 7.33. The van der Waals surface area contributed by atoms with E-state index < -0.39 is 23.7 Å². The molecular weight excluding hydrogens is 328 g/mol. The van der Waals surface area contributed by atoms with Gasteiger partial charge in [0.1, 0.15) is 5.69 Å². The van der Waals surface area contributed by atoms with Crippen LogP contribution in [0.2, 0.25) is 0 Å². The number of cyclic esters (lactones) is 2. The molecule has 2 heterocycles. The van der Waals surface area contributed by atoms with Crippen molar-refractivity contribution in [2.75, 3.05) is 5.32 Å². The minimum Gasteiger partial charge on any atom is -0.477 e. The van der Waals surface area contributed by atoms with Crippen molar-refractivity contribution >= 4 is 34.5 Å². The van der Waals surface area contributed by atoms with Gasteiger partial charge in [-0.05, 0) is 12.1 Å². The predicted molar refractivity (Wildman–Crippen MR) is 86.7 cm³/mol. The molecule has 0 unspecified atom stereocenters. The maximum atomic E-state index is 11.9. The molecule has 8 heteroatoms. The lowest BCUT2D eigenvalue weighted by molar-refractivity contribution is -0.222. The van der Waals surface area contributed by atoms with Crippen LogP contribution >= 0.6 is 0 Å². The van der Waals surface area contributed by atoms with Gasteiger partial charge in [0.2, 0.25) is 0 Å². The number of carbonyl (C=O) groups is 3. The first kappa shape index (κ1) is 16.4. The lowest BCUT2D eigenvalue weighted by Gasteiger charge is -2.29. The highest BCUT2D eigenvalue weighted by Crippen LogP contribution is 2.25. The van der Waals surface area contributed by atoms with Crippen molar-refractivity contribution in [1.29, 1.82) is 0 Å². The Morgan fingerprint density at radius 3 is 2.48 bits per heavy atom. The fourth-order valence-corrected chi connectivity index (χ4v) is 2.31. The number of rotatable bonds is 3. The molecule has 2 aromatic rings. The third-order valence-electron chi connectivity index (χ3n) is 3.43. The minimum absolute atomic E-state index is 0.118. The number of carboxylic acids is 1. The van der Waals surface area contributed by atoms with Crippen molar-refractivity contribution < 1.29 is 29.0 Å². The SMILES string of the molecule is CC1(C)OC(=O)C(=CNc2cccc3ccc(C(=O)O)nc23)C(=O)O1. The Morgan fingerprint density at radius 1 is 1.16 bits per heavy atom. The number of nitrogens with zero attached hydrogens (tertiary/aromatic N) is 1. The maximum Gasteiger partial charge on any atom is 0.354 e. The first-order chi connectivity index (χ1) is 11.8. The molecule has 2 N–H and O–H groups in total. The van der Waals surface area contributed by atoms with Crippen LogP contribution in [0.25, 0.3) is 10.9 Å². The zero-order valence-electron chi connectivity index (χ0n) is 13.4. The van der Waals surface area contributed by atoms with Gasteiger partial charge >= 0.3 is 17.9 Å². The van der Waals surface area contributed by atoms with Crippen LogP contribution in [0.5, 0.6) is 0 Å². The molecule has 1 aromatic heterocycles. The average Bonchev–Trinajstić information content (AvgIpc) is 2.52. The number of benzene rings is 1. The zero-order valence-corrected chi connectivity index (χ0v) is 13.4. The summed E-state index contributed by atoms with van der Waals surface area (Å²) in [7, 11) is 0. The normalized spacial score (nSPS) is 16.2. The van der Waals surface area contributed by atoms with Crippen LogP contribution in [-0.4, -0.2) is 33.8 Å². The van der Waals surface area contributed by atoms with Crippen molar-refractivity contribution in [3.8, 4) is 0 Å². The van der Waals surface area contributed by atoms with Crippen LogP contribution in [-0.2, 0) is 19.1 Å². The molecule has 0 saturated carbocycles. The van der Waals surface area contributed by atoms with Crippen LogP contribution in [0.4, 0.5) is 5.69 Å². The summed E-state index contributed by atoms with van der Waals surface area (Å²) in [5.74, 6) is -4.10. The van der Waals surface area contributed by atoms with Gasteiger partial charge in [0, 0.05) is 25.4 Å². The topological polar surface area (TPSA) is 115 Å². The molecule has 0 radical (unpaired) electrons. The predicted octanol–water partition coefficient (Wildman–Crippen LogP) is 2.06. The van der Waals surface area contributed by atoms with Crippen LogP contribution in [0.1, 0.15) is 24.3 Å². The highest BCUT2D eigenvalue weighted by molar-refractivity contribution is 6.15. The largest absolute Gasteiger partial charge is 0.477 e. The lowest BCUT2D eigenvalue weighted by atomic mass is 10.1. The van der Waals surface area contributed by atoms with Crippen LogP contribution in [0.15, 0.2) is 42.1 Å². The zero-order chi connectivity index (χ0) is 18.2. The Morgan fingerprint density at radius 2 is 1.84 bits per heavy atom. The van der Waals surface area contributed by atoms with Gasteiger partial charge in [-0.3, -0.25) is 0 Å². The second-order valence-corrected chi connectivity index (χ2v) is 5.76. The molecule has 1 saturated heterocycles. The number of esters is 2. The average molecular weight is 342 g/mol. The third-order valence-corrected chi connectivity index (χ3v) is 3.43. The molecule has 0 bridgehead atoms. The Kier molecular flexibility index (Phi) is 3.88. The maximum absolute atomic E-state index is 11.9. The summed E-state index contributed by atoms with van der Waals surface area (Å²) in [4.78, 5) is 39.0. The van der Waals surface area contributed by atoms with Gasteiger partial charge in [-0.25, -0.2) is 19.4 Å². The van der Waals surface area contributed by atoms with Crippen LogP contribution < -0.4 is 5.32 Å². The molecule has 1 aliphatic heterocycles. The van der Waals surface area contributed by atoms with Gasteiger partial charge < -0.3 is 19.9 Å². The van der Waals surface area contributed by atoms with Gasteiger partial charge in [0.05, 0.1) is 11.2 Å². The number of hydrogen-bond donors (Lipinski definition) is 2. The van der Waals surface area contributed by atoms with Gasteiger partial charge in [-0.2, -0.15) is 0 Å². The Bertz CT molecular complexity index is 910. The number of ether oxygens (including phenoxy) is 2. The van der Waals surface area contributed by atoms with E-state index in [4.69, 9.17) is 14.6 Å². The molecule has 0 aliphatic carbocycles. The van der Waals surface area contributed by atoms with E-state index in [1.165, 1.54) is 19.9 Å². The first-order valence-electron chi connectivity index (χ1n) is 7.33. The van der Waals surface area contributed by atoms with Gasteiger partial charge in [-0.1, -0.05) is 18.2 Å². The standard InChI is InChI=1S/C17H14N2O6/c1-17(2)24-15(22)10(16(23)25-17)8-18-11-5-3-4-9-6-7-12(14(20)21)19-13(9)11/h3-8,18H,1-2H3,(H,20,21). The number of fused-ring (bicyclic) bond motifs is 1. The summed E-state index contributed by atoms with van der Waals surface area (Å²) < 4.78 is 10.00. The van der Waals surface area contributed by atoms with Gasteiger partial charge in [-0.15, -0.1) is 0 Å². The third kappa shape index (κ3) is 3.27. The molecule has 1 aliphatic rings. The highest BCUT2D eigenvalue weighted by Gasteiger charge is 2.38. The monoisotopic (exact) mass is 342 g/mol. The van der Waals surface area contributed by atoms with E-state index in [0.717, 1.165) is 6.20 Å². The Balaban J connectivity index is 1.95. The van der Waals surface area contributed by atoms with E-state index >= 15 is 0 Å². The Labute approximate surface area is 142 Å². The van der Waals surface area contributed by atoms with Crippen molar-refractivity contribution in [2.45, 2.75) is 19.6 Å². The molecule has 1 fully saturated rings. The fraction of sp³-hybridized carbons (Fsp3) is 0.176. The molecule has 25 heavy (non-hydrogen) atoms. The van der Waals surface area contributed by atoms with E-state index in [1.54, 1.807) is 24.3 Å². The van der Waals surface area contributed by atoms with Crippen molar-refractivity contribution in [3.05, 3.63) is 47.8 Å². The van der Waals surface area contributed by atoms with Crippen molar-refractivity contribution in [2.24, 2.45) is 0 Å². The number of hydrogen-bond acceptors (Lipinski definition) is 7. The molecule has 0 atom stereocenters. The van der Waals surface area contributed by atoms with E-state index in [0.29, 0.717) is 16.6 Å². The molecule has 1 aromatic carbocycles. The van der Waals surface area contributed by atoms with Crippen LogP contribution in [0, 0.1) is 0 Å². The molecular formula is C17H14N2O6. The number of nitrogens with one attached hydrogen (secondary N) is 1. The summed E-state index contributed by atoms with van der Waals surface area (Å²) in [5.41, 5.74) is 0.397. The van der Waals surface area contributed by atoms with E-state index in [2.05, 4.69) is 10.3 Å². The number of aromatic carboxylic acids is 1. The van der Waals surface area contributed by atoms with Gasteiger partial charge in [0.25, 0.3) is 5.79 Å². The fourth-order valence-electron chi connectivity index (χ4n) is 2.31.